The fourth-order valence-corrected chi connectivity index (χ4v) is 12.7. The molecule has 2 heterocycles. The van der Waals surface area contributed by atoms with Crippen LogP contribution in [-0.4, -0.2) is 172 Å². The third-order valence-electron chi connectivity index (χ3n) is 17.9. The molecule has 10 atom stereocenters. The molecule has 1 fully saturated rings. The Bertz CT molecular complexity index is 4070. The lowest BCUT2D eigenvalue weighted by atomic mass is 9.99. The van der Waals surface area contributed by atoms with Gasteiger partial charge in [-0.2, -0.15) is 0 Å². The van der Waals surface area contributed by atoms with Crippen molar-refractivity contribution >= 4 is 105 Å². The first-order valence-corrected chi connectivity index (χ1v) is 36.8. The quantitative estimate of drug-likeness (QED) is 0.0193. The van der Waals surface area contributed by atoms with Crippen molar-refractivity contribution in [3.8, 4) is 0 Å². The van der Waals surface area contributed by atoms with Crippen molar-refractivity contribution in [1.29, 1.82) is 0 Å². The van der Waals surface area contributed by atoms with Gasteiger partial charge in [-0.1, -0.05) is 124 Å². The van der Waals surface area contributed by atoms with Crippen LogP contribution in [0.25, 0.3) is 10.8 Å². The van der Waals surface area contributed by atoms with Crippen molar-refractivity contribution in [2.75, 3.05) is 30.3 Å². The van der Waals surface area contributed by atoms with E-state index in [-0.39, 0.29) is 75.3 Å². The van der Waals surface area contributed by atoms with Crippen LogP contribution in [0.1, 0.15) is 122 Å². The number of anilines is 2. The standard InChI is InChI=1S/C79H102ClN15O13/c1-46(2)37-63(71(100)88-62(18-11-12-35-83-47(3)4)79(108)95-36-14-19-70(95)78(107)84-48(5)81)89-73(102)66(40-53-23-30-60(31-24-53)85-49(6)97)91-75(104)67(41-54-25-32-61(33-26-54)86-50(7)98)93-77(106)69(45-96)94-76(105)68(43-56-15-13-34-82-44-56)92-74(103)65(39-52-21-28-59(80)29-22-52)90-72(101)64(87-51(8)99)42-55-20-27-57-16-9-10-17-58(57)38-55/h9-10,13,15-17,20-34,38,44,46-48,62-70,83,96H,11-12,14,18-19,35-37,39-43,45,81H2,1-8H3,(H,84,107)(H,85,97)(H,86,98)(H,87,99)(H,88,100)(H,89,102)(H,90,101)(H,91,104)(H,92,103)(H,93,106)(H,94,105)/t48-,62-,63-,64+,65+,66+,67-,68+,69-,70-/m0/s1. The molecule has 1 saturated heterocycles. The number of hydrogen-bond donors (Lipinski definition) is 14. The molecule has 1 aliphatic rings. The molecule has 108 heavy (non-hydrogen) atoms. The molecule has 0 spiro atoms. The number of carbonyl (C=O) groups is 12. The SMILES string of the molecule is CC(=O)Nc1ccc(C[C@H](NC(=O)[C@H](CO)NC(=O)[C@@H](Cc2cccnc2)NC(=O)[C@@H](Cc2ccc(Cl)cc2)NC(=O)[C@@H](Cc2ccc3ccccc3c2)NC(C)=O)C(=O)N[C@H](Cc2ccc(NC(C)=O)cc2)C(=O)N[C@@H](CC(C)C)C(=O)N[C@@H](CCCCNC(C)C)C(=O)N2CCC[C@H]2C(=O)N[C@@H](C)N)cc1. The number of rotatable bonds is 39. The highest BCUT2D eigenvalue weighted by molar-refractivity contribution is 6.30. The second kappa shape index (κ2) is 42.0. The third-order valence-corrected chi connectivity index (χ3v) is 18.1. The van der Waals surface area contributed by atoms with Gasteiger partial charge in [0.25, 0.3) is 0 Å². The molecular weight excluding hydrogens is 1400 g/mol. The lowest BCUT2D eigenvalue weighted by molar-refractivity contribution is -0.142. The Balaban J connectivity index is 1.18. The van der Waals surface area contributed by atoms with Crippen LogP contribution >= 0.6 is 11.6 Å². The highest BCUT2D eigenvalue weighted by atomic mass is 35.5. The molecule has 0 radical (unpaired) electrons. The molecule has 28 nitrogen and oxygen atoms in total. The lowest BCUT2D eigenvalue weighted by Crippen LogP contribution is -2.62. The zero-order chi connectivity index (χ0) is 78.6. The minimum atomic E-state index is -1.84. The summed E-state index contributed by atoms with van der Waals surface area (Å²) >= 11 is 6.26. The van der Waals surface area contributed by atoms with Gasteiger partial charge in [-0.25, -0.2) is 0 Å². The number of nitrogens with zero attached hydrogens (tertiary/aromatic N) is 2. The second-order valence-electron chi connectivity index (χ2n) is 28.0. The highest BCUT2D eigenvalue weighted by Crippen LogP contribution is 2.23. The number of unbranched alkanes of at least 4 members (excludes halogenated alkanes) is 1. The fourth-order valence-electron chi connectivity index (χ4n) is 12.6. The Hall–Kier alpha value is -10.7. The van der Waals surface area contributed by atoms with Crippen LogP contribution < -0.4 is 69.5 Å². The average Bonchev–Trinajstić information content (AvgIpc) is 1.25. The van der Waals surface area contributed by atoms with Crippen LogP contribution in [0.3, 0.4) is 0 Å². The molecule has 0 saturated carbocycles. The molecule has 7 rings (SSSR count). The van der Waals surface area contributed by atoms with E-state index >= 15 is 9.59 Å². The number of pyridine rings is 1. The Morgan fingerprint density at radius 1 is 0.491 bits per heavy atom. The maximum Gasteiger partial charge on any atom is 0.245 e. The number of aliphatic hydroxyl groups is 1. The Kier molecular flexibility index (Phi) is 32.9. The molecule has 1 aliphatic heterocycles. The predicted molar refractivity (Wildman–Crippen MR) is 411 cm³/mol. The monoisotopic (exact) mass is 1500 g/mol. The number of fused-ring (bicyclic) bond motifs is 1. The van der Waals surface area contributed by atoms with Crippen molar-refractivity contribution in [3.05, 3.63) is 173 Å². The summed E-state index contributed by atoms with van der Waals surface area (Å²) in [6.45, 7) is 13.0. The molecule has 5 aromatic carbocycles. The summed E-state index contributed by atoms with van der Waals surface area (Å²) in [5.74, 6) is -8.60. The molecule has 1 aromatic heterocycles. The maximum atomic E-state index is 15.3. The number of hydrogen-bond acceptors (Lipinski definition) is 16. The maximum absolute atomic E-state index is 15.3. The van der Waals surface area contributed by atoms with Crippen LogP contribution in [-0.2, 0) is 89.6 Å². The van der Waals surface area contributed by atoms with E-state index in [1.807, 2.05) is 70.2 Å². The minimum absolute atomic E-state index is 0.0333. The van der Waals surface area contributed by atoms with E-state index in [0.717, 1.165) is 10.8 Å². The minimum Gasteiger partial charge on any atom is -0.394 e. The second-order valence-corrected chi connectivity index (χ2v) is 28.5. The van der Waals surface area contributed by atoms with Crippen LogP contribution in [0.15, 0.2) is 140 Å². The third kappa shape index (κ3) is 27.6. The van der Waals surface area contributed by atoms with Crippen molar-refractivity contribution < 1.29 is 62.6 Å². The van der Waals surface area contributed by atoms with Gasteiger partial charge in [-0.05, 0) is 139 Å². The number of benzene rings is 5. The zero-order valence-electron chi connectivity index (χ0n) is 62.3. The normalized spacial score (nSPS) is 15.1. The molecule has 578 valence electrons. The topological polar surface area (TPSA) is 412 Å². The van der Waals surface area contributed by atoms with Gasteiger partial charge >= 0.3 is 0 Å². The van der Waals surface area contributed by atoms with Gasteiger partial charge in [0.1, 0.15) is 54.4 Å². The summed E-state index contributed by atoms with van der Waals surface area (Å²) in [6.07, 6.45) is 3.65. The number of nitrogens with one attached hydrogen (secondary N) is 12. The molecule has 29 heteroatoms. The van der Waals surface area contributed by atoms with E-state index in [0.29, 0.717) is 76.4 Å². The predicted octanol–water partition coefficient (Wildman–Crippen LogP) is 3.84. The lowest BCUT2D eigenvalue weighted by Gasteiger charge is -2.31. The summed E-state index contributed by atoms with van der Waals surface area (Å²) < 4.78 is 0. The summed E-state index contributed by atoms with van der Waals surface area (Å²) in [5, 5.41) is 46.7. The number of aliphatic hydroxyl groups excluding tert-OH is 1. The molecule has 0 unspecified atom stereocenters. The number of aromatic nitrogens is 1. The molecule has 15 N–H and O–H groups in total. The molecule has 0 aliphatic carbocycles. The summed E-state index contributed by atoms with van der Waals surface area (Å²) in [4.78, 5) is 175. The van der Waals surface area contributed by atoms with E-state index in [4.69, 9.17) is 17.3 Å². The Morgan fingerprint density at radius 3 is 1.41 bits per heavy atom. The van der Waals surface area contributed by atoms with Crippen molar-refractivity contribution in [1.82, 2.24) is 63.1 Å². The van der Waals surface area contributed by atoms with E-state index in [2.05, 4.69) is 68.8 Å². The first kappa shape index (κ1) is 84.6. The van der Waals surface area contributed by atoms with Crippen molar-refractivity contribution in [3.63, 3.8) is 0 Å². The van der Waals surface area contributed by atoms with Crippen LogP contribution in [0, 0.1) is 5.92 Å². The van der Waals surface area contributed by atoms with Crippen molar-refractivity contribution in [2.24, 2.45) is 11.7 Å². The van der Waals surface area contributed by atoms with Gasteiger partial charge in [0.05, 0.1) is 12.8 Å². The van der Waals surface area contributed by atoms with E-state index < -0.39 is 126 Å². The van der Waals surface area contributed by atoms with Crippen LogP contribution in [0.2, 0.25) is 5.02 Å². The van der Waals surface area contributed by atoms with Gasteiger partial charge in [-0.15, -0.1) is 0 Å². The van der Waals surface area contributed by atoms with Gasteiger partial charge in [0, 0.05) is 94.3 Å². The summed E-state index contributed by atoms with van der Waals surface area (Å²) in [6, 6.07) is 23.5. The highest BCUT2D eigenvalue weighted by Gasteiger charge is 2.40. The Labute approximate surface area is 634 Å². The Morgan fingerprint density at radius 2 is 0.935 bits per heavy atom. The number of likely N-dealkylation sites (tertiary alicyclic amines) is 1. The van der Waals surface area contributed by atoms with Gasteiger partial charge in [0.2, 0.25) is 70.9 Å². The first-order chi connectivity index (χ1) is 51.5. The summed E-state index contributed by atoms with van der Waals surface area (Å²) in [7, 11) is 0. The first-order valence-electron chi connectivity index (χ1n) is 36.5. The van der Waals surface area contributed by atoms with Crippen LogP contribution in [0.4, 0.5) is 11.4 Å². The molecule has 12 amide bonds. The van der Waals surface area contributed by atoms with E-state index in [1.165, 1.54) is 38.1 Å². The smallest absolute Gasteiger partial charge is 0.245 e. The fraction of sp³-hybridized carbons (Fsp3) is 0.430. The molecule has 6 aromatic rings. The molecular formula is C79H102ClN15O13. The zero-order valence-corrected chi connectivity index (χ0v) is 63.1. The van der Waals surface area contributed by atoms with E-state index in [1.54, 1.807) is 91.9 Å². The van der Waals surface area contributed by atoms with Gasteiger partial charge in [0.15, 0.2) is 0 Å². The van der Waals surface area contributed by atoms with E-state index in [9.17, 15) is 53.1 Å². The number of amides is 12. The van der Waals surface area contributed by atoms with Gasteiger partial charge < -0.3 is 79.5 Å². The largest absolute Gasteiger partial charge is 0.394 e. The summed E-state index contributed by atoms with van der Waals surface area (Å²) in [5.41, 5.74) is 9.34. The van der Waals surface area contributed by atoms with Crippen molar-refractivity contribution in [2.45, 2.75) is 193 Å². The average molecular weight is 1510 g/mol. The number of carbonyl (C=O) groups excluding carboxylic acids is 12. The number of halogens is 1. The number of nitrogens with two attached hydrogens (primary N) is 1. The van der Waals surface area contributed by atoms with Gasteiger partial charge in [-0.3, -0.25) is 62.5 Å². The van der Waals surface area contributed by atoms with Crippen LogP contribution in [0.5, 0.6) is 0 Å². The molecule has 0 bridgehead atoms.